The second-order valence-electron chi connectivity index (χ2n) is 23.6. The van der Waals surface area contributed by atoms with Gasteiger partial charge in [0.25, 0.3) is 0 Å². The van der Waals surface area contributed by atoms with Crippen molar-refractivity contribution in [3.63, 3.8) is 0 Å². The molecule has 4 heteroatoms. The molecule has 0 spiro atoms. The fourth-order valence-electron chi connectivity index (χ4n) is 14.2. The van der Waals surface area contributed by atoms with Gasteiger partial charge in [-0.1, -0.05) is 267 Å². The Morgan fingerprint density at radius 2 is 0.789 bits per heavy atom. The van der Waals surface area contributed by atoms with E-state index in [1.165, 1.54) is 136 Å². The first-order chi connectivity index (χ1) is 44.7. The monoisotopic (exact) mass is 1180 g/mol. The fourth-order valence-corrected chi connectivity index (χ4v) is 17.0. The highest BCUT2D eigenvalue weighted by atomic mass is 32.1. The van der Waals surface area contributed by atoms with Crippen LogP contribution in [0.25, 0.3) is 148 Å². The van der Waals surface area contributed by atoms with Gasteiger partial charge in [0.1, 0.15) is 0 Å². The van der Waals surface area contributed by atoms with Gasteiger partial charge in [-0.25, -0.2) is 0 Å². The second-order valence-corrected chi connectivity index (χ2v) is 25.7. The molecule has 0 radical (unpaired) electrons. The standard InChI is InChI=1S/C86H60N2S2/c1-9-29-57(30-10-1)65-51-66(58-31-11-2-12-32-58)54-70(53-65)88-74-47-27-25-45-71(74)72-49-50-76-81(82(72)88)73-46-26-28-48-75(73)87(76)69-55-67(85-79(61-37-17-5-18-38-61)77(59-33-13-3-14-34-59)83(89-85)63-41-21-7-22-42-63)52-68(56-69)86-80(62-39-19-6-20-40-62)78(60-35-15-4-16-36-60)84(90-86)64-43-23-8-24-44-64/h1-7,9-23,25-41,43-56,63H,8,24,42H2. The summed E-state index contributed by atoms with van der Waals surface area (Å²) in [5.74, 6) is 0.215. The van der Waals surface area contributed by atoms with Gasteiger partial charge in [-0.15, -0.1) is 22.7 Å². The van der Waals surface area contributed by atoms with Crippen molar-refractivity contribution in [2.24, 2.45) is 0 Å². The molecule has 1 atom stereocenters. The molecular formula is C86H60N2S2. The summed E-state index contributed by atoms with van der Waals surface area (Å²) < 4.78 is 5.14. The van der Waals surface area contributed by atoms with Crippen molar-refractivity contribution in [2.75, 3.05) is 0 Å². The first-order valence-electron chi connectivity index (χ1n) is 31.3. The topological polar surface area (TPSA) is 9.86 Å². The molecule has 4 heterocycles. The number of benzene rings is 11. The largest absolute Gasteiger partial charge is 0.309 e. The molecule has 2 aliphatic rings. The normalized spacial score (nSPS) is 13.9. The van der Waals surface area contributed by atoms with Crippen molar-refractivity contribution in [1.29, 1.82) is 0 Å². The number of aromatic nitrogens is 2. The molecule has 0 bridgehead atoms. The molecule has 0 saturated carbocycles. The van der Waals surface area contributed by atoms with Gasteiger partial charge in [-0.05, 0) is 135 Å². The maximum Gasteiger partial charge on any atom is 0.0641 e. The summed E-state index contributed by atoms with van der Waals surface area (Å²) in [6.07, 6.45) is 19.4. The van der Waals surface area contributed by atoms with Crippen molar-refractivity contribution < 1.29 is 0 Å². The molecule has 426 valence electrons. The maximum atomic E-state index is 2.58. The lowest BCUT2D eigenvalue weighted by atomic mass is 9.87. The average molecular weight is 1190 g/mol. The zero-order valence-corrected chi connectivity index (χ0v) is 51.1. The number of hydrogen-bond donors (Lipinski definition) is 0. The van der Waals surface area contributed by atoms with Crippen LogP contribution >= 0.6 is 22.7 Å². The maximum absolute atomic E-state index is 2.58. The fraction of sp³-hybridized carbons (Fsp3) is 0.0465. The lowest BCUT2D eigenvalue weighted by molar-refractivity contribution is 0.875. The molecule has 0 fully saturated rings. The van der Waals surface area contributed by atoms with E-state index in [-0.39, 0.29) is 5.92 Å². The van der Waals surface area contributed by atoms with Crippen molar-refractivity contribution in [3.05, 3.63) is 331 Å². The Morgan fingerprint density at radius 3 is 1.34 bits per heavy atom. The van der Waals surface area contributed by atoms with Gasteiger partial charge in [-0.3, -0.25) is 0 Å². The third-order valence-corrected chi connectivity index (χ3v) is 20.9. The quantitative estimate of drug-likeness (QED) is 0.115. The van der Waals surface area contributed by atoms with Gasteiger partial charge in [0, 0.05) is 80.6 Å². The minimum Gasteiger partial charge on any atom is -0.309 e. The van der Waals surface area contributed by atoms with Gasteiger partial charge in [0.15, 0.2) is 0 Å². The van der Waals surface area contributed by atoms with E-state index in [0.717, 1.165) is 41.7 Å². The van der Waals surface area contributed by atoms with E-state index in [0.29, 0.717) is 0 Å². The van der Waals surface area contributed by atoms with E-state index in [1.807, 2.05) is 22.7 Å². The predicted octanol–water partition coefficient (Wildman–Crippen LogP) is 24.7. The Morgan fingerprint density at radius 1 is 0.322 bits per heavy atom. The molecule has 2 aliphatic carbocycles. The predicted molar refractivity (Wildman–Crippen MR) is 386 cm³/mol. The van der Waals surface area contributed by atoms with Gasteiger partial charge in [-0.2, -0.15) is 0 Å². The number of thiophene rings is 2. The van der Waals surface area contributed by atoms with E-state index in [1.54, 1.807) is 0 Å². The Balaban J connectivity index is 1.00. The molecule has 1 unspecified atom stereocenters. The van der Waals surface area contributed by atoms with Crippen LogP contribution in [0.3, 0.4) is 0 Å². The third-order valence-electron chi connectivity index (χ3n) is 18.2. The summed E-state index contributed by atoms with van der Waals surface area (Å²) in [6.45, 7) is 0. The highest BCUT2D eigenvalue weighted by Gasteiger charge is 2.30. The van der Waals surface area contributed by atoms with Crippen molar-refractivity contribution >= 4 is 71.9 Å². The Bertz CT molecular complexity index is 5290. The van der Waals surface area contributed by atoms with Crippen LogP contribution in [0.1, 0.15) is 34.9 Å². The van der Waals surface area contributed by atoms with Crippen molar-refractivity contribution in [3.8, 4) is 99.0 Å². The number of hydrogen-bond acceptors (Lipinski definition) is 2. The first-order valence-corrected chi connectivity index (χ1v) is 33.0. The summed E-state index contributed by atoms with van der Waals surface area (Å²) in [7, 11) is 0. The van der Waals surface area contributed by atoms with Crippen LogP contribution in [0, 0.1) is 0 Å². The Hall–Kier alpha value is -10.6. The van der Waals surface area contributed by atoms with Crippen LogP contribution in [0.5, 0.6) is 0 Å². The average Bonchev–Trinajstić information content (AvgIpc) is 1.64. The minimum atomic E-state index is 0.215. The van der Waals surface area contributed by atoms with Gasteiger partial charge in [0.2, 0.25) is 0 Å². The molecule has 15 aromatic rings. The summed E-state index contributed by atoms with van der Waals surface area (Å²) in [5, 5.41) is 4.86. The minimum absolute atomic E-state index is 0.215. The molecule has 2 nitrogen and oxygen atoms in total. The number of nitrogens with zero attached hydrogens (tertiary/aromatic N) is 2. The second kappa shape index (κ2) is 22.8. The van der Waals surface area contributed by atoms with Crippen molar-refractivity contribution in [1.82, 2.24) is 9.13 Å². The van der Waals surface area contributed by atoms with E-state index in [2.05, 4.69) is 331 Å². The SMILES string of the molecule is C1=CCC(c2sc(-c3cc(-c4sc(C5=CCCC=C5)c(-c5ccccc5)c4-c4ccccc4)cc(-n4c5ccccc5c5c4ccc4c6ccccc6n(-c6cc(-c7ccccc7)cc(-c7ccccc7)c6)c45)c3)c(-c3ccccc3)c2-c2ccccc2)C=C1. The molecule has 17 rings (SSSR count). The van der Waals surface area contributed by atoms with Crippen molar-refractivity contribution in [2.45, 2.75) is 25.2 Å². The van der Waals surface area contributed by atoms with E-state index in [9.17, 15) is 0 Å². The third kappa shape index (κ3) is 9.29. The van der Waals surface area contributed by atoms with Crippen LogP contribution in [0.2, 0.25) is 0 Å². The van der Waals surface area contributed by atoms with E-state index in [4.69, 9.17) is 0 Å². The molecule has 0 saturated heterocycles. The summed E-state index contributed by atoms with van der Waals surface area (Å²) >= 11 is 3.91. The van der Waals surface area contributed by atoms with Crippen LogP contribution < -0.4 is 0 Å². The highest BCUT2D eigenvalue weighted by Crippen LogP contribution is 2.56. The lowest BCUT2D eigenvalue weighted by Crippen LogP contribution is -1.98. The summed E-state index contributed by atoms with van der Waals surface area (Å²) in [6, 6.07) is 104. The molecular weight excluding hydrogens is 1130 g/mol. The lowest BCUT2D eigenvalue weighted by Gasteiger charge is -2.16. The van der Waals surface area contributed by atoms with Crippen LogP contribution in [-0.4, -0.2) is 9.13 Å². The van der Waals surface area contributed by atoms with E-state index >= 15 is 0 Å². The number of rotatable bonds is 12. The van der Waals surface area contributed by atoms with Crippen LogP contribution in [0.4, 0.5) is 0 Å². The molecule has 90 heavy (non-hydrogen) atoms. The first kappa shape index (κ1) is 53.6. The summed E-state index contributed by atoms with van der Waals surface area (Å²) in [5.41, 5.74) is 25.2. The van der Waals surface area contributed by atoms with E-state index < -0.39 is 0 Å². The highest BCUT2D eigenvalue weighted by molar-refractivity contribution is 7.18. The van der Waals surface area contributed by atoms with Gasteiger partial charge < -0.3 is 9.13 Å². The van der Waals surface area contributed by atoms with Crippen LogP contribution in [0.15, 0.2) is 322 Å². The Labute approximate surface area is 532 Å². The number of allylic oxidation sites excluding steroid dienone is 8. The number of fused-ring (bicyclic) bond motifs is 7. The zero-order valence-electron chi connectivity index (χ0n) is 49.5. The molecule has 0 amide bonds. The smallest absolute Gasteiger partial charge is 0.0641 e. The number of para-hydroxylation sites is 2. The molecule has 11 aromatic carbocycles. The Kier molecular flexibility index (Phi) is 13.6. The van der Waals surface area contributed by atoms with Crippen LogP contribution in [-0.2, 0) is 0 Å². The molecule has 4 aromatic heterocycles. The molecule has 0 N–H and O–H groups in total. The zero-order chi connectivity index (χ0) is 59.5. The summed E-state index contributed by atoms with van der Waals surface area (Å²) in [4.78, 5) is 5.18. The van der Waals surface area contributed by atoms with Gasteiger partial charge >= 0.3 is 0 Å². The molecule has 0 aliphatic heterocycles. The van der Waals surface area contributed by atoms with Gasteiger partial charge in [0.05, 0.1) is 22.1 Å².